The van der Waals surface area contributed by atoms with Crippen molar-refractivity contribution in [3.05, 3.63) is 92.5 Å². The number of carbonyl (C=O) groups is 1. The topological polar surface area (TPSA) is 112 Å². The number of methoxy groups -OCH3 is 2. The van der Waals surface area contributed by atoms with E-state index in [-0.39, 0.29) is 12.3 Å². The van der Waals surface area contributed by atoms with Gasteiger partial charge in [-0.3, -0.25) is 14.9 Å². The van der Waals surface area contributed by atoms with E-state index >= 15 is 0 Å². The number of hydrogen-bond donors (Lipinski definition) is 1. The van der Waals surface area contributed by atoms with Crippen LogP contribution < -0.4 is 19.6 Å². The molecule has 9 nitrogen and oxygen atoms in total. The second kappa shape index (κ2) is 11.0. The van der Waals surface area contributed by atoms with E-state index in [0.29, 0.717) is 33.4 Å². The summed E-state index contributed by atoms with van der Waals surface area (Å²) in [5.41, 5.74) is 4.08. The van der Waals surface area contributed by atoms with E-state index in [1.165, 1.54) is 32.6 Å². The third-order valence-corrected chi connectivity index (χ3v) is 4.76. The van der Waals surface area contributed by atoms with Crippen LogP contribution in [0.1, 0.15) is 21.5 Å². The zero-order valence-electron chi connectivity index (χ0n) is 17.8. The van der Waals surface area contributed by atoms with Crippen molar-refractivity contribution < 1.29 is 23.9 Å². The maximum atomic E-state index is 12.4. The van der Waals surface area contributed by atoms with Crippen molar-refractivity contribution >= 4 is 29.4 Å². The van der Waals surface area contributed by atoms with Gasteiger partial charge in [-0.1, -0.05) is 11.6 Å². The van der Waals surface area contributed by atoms with Crippen molar-refractivity contribution in [1.82, 2.24) is 5.43 Å². The molecule has 170 valence electrons. The monoisotopic (exact) mass is 469 g/mol. The highest BCUT2D eigenvalue weighted by Gasteiger charge is 2.11. The van der Waals surface area contributed by atoms with Crippen LogP contribution >= 0.6 is 11.6 Å². The van der Waals surface area contributed by atoms with Crippen LogP contribution in [0.5, 0.6) is 17.2 Å². The predicted octanol–water partition coefficient (Wildman–Crippen LogP) is 4.61. The van der Waals surface area contributed by atoms with Gasteiger partial charge in [0.25, 0.3) is 11.6 Å². The zero-order valence-corrected chi connectivity index (χ0v) is 18.5. The first-order valence-corrected chi connectivity index (χ1v) is 10.00. The van der Waals surface area contributed by atoms with Crippen molar-refractivity contribution in [2.45, 2.75) is 6.61 Å². The standard InChI is InChI=1S/C23H20ClN3O6/c1-31-21-9-5-16(12-22(21)32-2)23(28)26-25-13-17-11-18(24)6-10-20(17)33-14-15-3-7-19(8-4-15)27(29)30/h3-13H,14H2,1-2H3,(H,26,28)/b25-13+. The number of ether oxygens (including phenoxy) is 3. The number of carbonyl (C=O) groups excluding carboxylic acids is 1. The average molecular weight is 470 g/mol. The Morgan fingerprint density at radius 2 is 1.73 bits per heavy atom. The highest BCUT2D eigenvalue weighted by Crippen LogP contribution is 2.27. The molecule has 10 heteroatoms. The molecule has 0 heterocycles. The van der Waals surface area contributed by atoms with Crippen LogP contribution in [0.2, 0.25) is 5.02 Å². The maximum Gasteiger partial charge on any atom is 0.271 e. The van der Waals surface area contributed by atoms with Gasteiger partial charge in [-0.05, 0) is 54.1 Å². The molecule has 0 bridgehead atoms. The van der Waals surface area contributed by atoms with Crippen molar-refractivity contribution in [2.75, 3.05) is 14.2 Å². The lowest BCUT2D eigenvalue weighted by Crippen LogP contribution is -2.17. The molecular formula is C23H20ClN3O6. The number of hydrazone groups is 1. The Hall–Kier alpha value is -4.11. The minimum Gasteiger partial charge on any atom is -0.493 e. The second-order valence-electron chi connectivity index (χ2n) is 6.66. The lowest BCUT2D eigenvalue weighted by molar-refractivity contribution is -0.384. The van der Waals surface area contributed by atoms with Gasteiger partial charge in [-0.2, -0.15) is 5.10 Å². The first-order valence-electron chi connectivity index (χ1n) is 9.62. The van der Waals surface area contributed by atoms with Crippen molar-refractivity contribution in [2.24, 2.45) is 5.10 Å². The fraction of sp³-hybridized carbons (Fsp3) is 0.130. The van der Waals surface area contributed by atoms with Crippen LogP contribution in [0.3, 0.4) is 0 Å². The van der Waals surface area contributed by atoms with Gasteiger partial charge in [0.15, 0.2) is 11.5 Å². The first-order chi connectivity index (χ1) is 15.9. The van der Waals surface area contributed by atoms with Crippen LogP contribution in [-0.2, 0) is 6.61 Å². The largest absolute Gasteiger partial charge is 0.493 e. The molecule has 0 fully saturated rings. The molecule has 0 unspecified atom stereocenters. The number of nitro benzene ring substituents is 1. The highest BCUT2D eigenvalue weighted by atomic mass is 35.5. The van der Waals surface area contributed by atoms with Gasteiger partial charge >= 0.3 is 0 Å². The first kappa shape index (κ1) is 23.6. The van der Waals surface area contributed by atoms with Crippen molar-refractivity contribution in [3.8, 4) is 17.2 Å². The number of amides is 1. The third-order valence-electron chi connectivity index (χ3n) is 4.53. The van der Waals surface area contributed by atoms with E-state index < -0.39 is 10.8 Å². The number of nitrogens with zero attached hydrogens (tertiary/aromatic N) is 2. The second-order valence-corrected chi connectivity index (χ2v) is 7.10. The van der Waals surface area contributed by atoms with E-state index in [2.05, 4.69) is 10.5 Å². The molecule has 0 atom stereocenters. The van der Waals surface area contributed by atoms with Crippen LogP contribution in [0.25, 0.3) is 0 Å². The quantitative estimate of drug-likeness (QED) is 0.278. The van der Waals surface area contributed by atoms with E-state index in [9.17, 15) is 14.9 Å². The summed E-state index contributed by atoms with van der Waals surface area (Å²) >= 11 is 6.09. The van der Waals surface area contributed by atoms with Crippen molar-refractivity contribution in [3.63, 3.8) is 0 Å². The van der Waals surface area contributed by atoms with Crippen LogP contribution in [0.15, 0.2) is 65.8 Å². The molecule has 0 radical (unpaired) electrons. The molecule has 0 aliphatic carbocycles. The zero-order chi connectivity index (χ0) is 23.8. The summed E-state index contributed by atoms with van der Waals surface area (Å²) in [6.07, 6.45) is 1.41. The number of halogens is 1. The molecule has 33 heavy (non-hydrogen) atoms. The van der Waals surface area contributed by atoms with Gasteiger partial charge in [0.05, 0.1) is 25.4 Å². The fourth-order valence-electron chi connectivity index (χ4n) is 2.83. The fourth-order valence-corrected chi connectivity index (χ4v) is 3.01. The SMILES string of the molecule is COc1ccc(C(=O)N/N=C/c2cc(Cl)ccc2OCc2ccc([N+](=O)[O-])cc2)cc1OC. The lowest BCUT2D eigenvalue weighted by Gasteiger charge is -2.10. The Kier molecular flexibility index (Phi) is 7.82. The third kappa shape index (κ3) is 6.20. The number of rotatable bonds is 9. The van der Waals surface area contributed by atoms with Gasteiger partial charge in [0.2, 0.25) is 0 Å². The number of non-ortho nitro benzene ring substituents is 1. The summed E-state index contributed by atoms with van der Waals surface area (Å²) in [4.78, 5) is 22.7. The van der Waals surface area contributed by atoms with Crippen LogP contribution in [-0.4, -0.2) is 31.3 Å². The number of nitrogens with one attached hydrogen (secondary N) is 1. The summed E-state index contributed by atoms with van der Waals surface area (Å²) in [6.45, 7) is 0.179. The number of nitro groups is 1. The smallest absolute Gasteiger partial charge is 0.271 e. The molecule has 0 aliphatic rings. The van der Waals surface area contributed by atoms with E-state index in [0.717, 1.165) is 5.56 Å². The highest BCUT2D eigenvalue weighted by molar-refractivity contribution is 6.30. The Morgan fingerprint density at radius 3 is 2.39 bits per heavy atom. The Morgan fingerprint density at radius 1 is 1.03 bits per heavy atom. The van der Waals surface area contributed by atoms with E-state index in [4.69, 9.17) is 25.8 Å². The number of hydrogen-bond acceptors (Lipinski definition) is 7. The molecule has 1 N–H and O–H groups in total. The van der Waals surface area contributed by atoms with Crippen molar-refractivity contribution in [1.29, 1.82) is 0 Å². The summed E-state index contributed by atoms with van der Waals surface area (Å²) in [5.74, 6) is 0.960. The van der Waals surface area contributed by atoms with Gasteiger partial charge < -0.3 is 14.2 Å². The molecule has 0 aliphatic heterocycles. The molecule has 0 saturated heterocycles. The van der Waals surface area contributed by atoms with Gasteiger partial charge in [0, 0.05) is 28.3 Å². The minimum absolute atomic E-state index is 0.00304. The Balaban J connectivity index is 1.68. The molecule has 1 amide bonds. The van der Waals surface area contributed by atoms with Gasteiger partial charge in [-0.25, -0.2) is 5.43 Å². The van der Waals surface area contributed by atoms with Crippen LogP contribution in [0.4, 0.5) is 5.69 Å². The van der Waals surface area contributed by atoms with E-state index in [1.54, 1.807) is 48.5 Å². The summed E-state index contributed by atoms with van der Waals surface area (Å²) in [5, 5.41) is 15.2. The maximum absolute atomic E-state index is 12.4. The molecule has 3 aromatic carbocycles. The average Bonchev–Trinajstić information content (AvgIpc) is 2.83. The molecule has 0 aromatic heterocycles. The summed E-state index contributed by atoms with van der Waals surface area (Å²) < 4.78 is 16.2. The molecule has 0 spiro atoms. The molecule has 3 rings (SSSR count). The van der Waals surface area contributed by atoms with E-state index in [1.807, 2.05) is 0 Å². The Labute approximate surface area is 194 Å². The minimum atomic E-state index is -0.464. The molecule has 3 aromatic rings. The molecule has 0 saturated carbocycles. The lowest BCUT2D eigenvalue weighted by atomic mass is 10.2. The summed E-state index contributed by atoms with van der Waals surface area (Å²) in [6, 6.07) is 15.8. The van der Waals surface area contributed by atoms with Gasteiger partial charge in [-0.15, -0.1) is 0 Å². The van der Waals surface area contributed by atoms with Gasteiger partial charge in [0.1, 0.15) is 12.4 Å². The number of benzene rings is 3. The van der Waals surface area contributed by atoms with Crippen LogP contribution in [0, 0.1) is 10.1 Å². The Bertz CT molecular complexity index is 1180. The molecular weight excluding hydrogens is 450 g/mol. The predicted molar refractivity (Wildman–Crippen MR) is 123 cm³/mol. The normalized spacial score (nSPS) is 10.6. The summed E-state index contributed by atoms with van der Waals surface area (Å²) in [7, 11) is 2.99.